The quantitative estimate of drug-likeness (QED) is 0.378. The molecule has 9 heteroatoms. The van der Waals surface area contributed by atoms with Gasteiger partial charge >= 0.3 is 23.9 Å². The number of hydrogen-bond acceptors (Lipinski definition) is 7. The topological polar surface area (TPSA) is 144 Å². The van der Waals surface area contributed by atoms with E-state index in [2.05, 4.69) is 9.97 Å². The van der Waals surface area contributed by atoms with Crippen molar-refractivity contribution >= 4 is 45.4 Å². The van der Waals surface area contributed by atoms with Gasteiger partial charge in [-0.15, -0.1) is 0 Å². The first-order valence-corrected chi connectivity index (χ1v) is 8.88. The predicted molar refractivity (Wildman–Crippen MR) is 107 cm³/mol. The highest BCUT2D eigenvalue weighted by Gasteiger charge is 2.24. The molecule has 0 unspecified atom stereocenters. The Kier molecular flexibility index (Phi) is 4.84. The van der Waals surface area contributed by atoms with Crippen molar-refractivity contribution in [1.82, 2.24) is 9.97 Å². The van der Waals surface area contributed by atoms with Gasteiger partial charge < -0.3 is 14.9 Å². The zero-order valence-electron chi connectivity index (χ0n) is 15.6. The molecular weight excluding hydrogens is 404 g/mol. The van der Waals surface area contributed by atoms with Gasteiger partial charge in [-0.1, -0.05) is 48.5 Å². The number of carboxylic acids is 2. The van der Waals surface area contributed by atoms with Crippen LogP contribution in [0.1, 0.15) is 42.0 Å². The van der Waals surface area contributed by atoms with E-state index in [9.17, 15) is 29.4 Å². The number of esters is 2. The lowest BCUT2D eigenvalue weighted by molar-refractivity contribution is 0.0392. The molecular formula is C22H12N2O7. The van der Waals surface area contributed by atoms with Crippen LogP contribution in [0, 0.1) is 0 Å². The third-order valence-corrected chi connectivity index (χ3v) is 4.49. The fraction of sp³-hybridized carbons (Fsp3) is 0. The largest absolute Gasteiger partial charge is 0.477 e. The molecule has 2 N–H and O–H groups in total. The monoisotopic (exact) mass is 416 g/mol. The van der Waals surface area contributed by atoms with Crippen molar-refractivity contribution in [2.24, 2.45) is 0 Å². The van der Waals surface area contributed by atoms with Crippen molar-refractivity contribution in [2.45, 2.75) is 0 Å². The maximum atomic E-state index is 12.7. The summed E-state index contributed by atoms with van der Waals surface area (Å²) < 4.78 is 4.92. The first-order chi connectivity index (χ1) is 14.8. The van der Waals surface area contributed by atoms with Gasteiger partial charge in [0, 0.05) is 10.8 Å². The van der Waals surface area contributed by atoms with Gasteiger partial charge in [0.25, 0.3) is 0 Å². The Balaban J connectivity index is 1.78. The molecule has 0 saturated heterocycles. The van der Waals surface area contributed by atoms with Crippen LogP contribution in [0.25, 0.3) is 21.5 Å². The first kappa shape index (κ1) is 19.6. The Morgan fingerprint density at radius 3 is 1.42 bits per heavy atom. The fourth-order valence-corrected chi connectivity index (χ4v) is 3.11. The molecule has 0 aliphatic heterocycles. The minimum Gasteiger partial charge on any atom is -0.477 e. The summed E-state index contributed by atoms with van der Waals surface area (Å²) in [6.07, 6.45) is 0. The molecule has 4 rings (SSSR count). The molecule has 2 aromatic carbocycles. The summed E-state index contributed by atoms with van der Waals surface area (Å²) in [4.78, 5) is 55.8. The number of ether oxygens (including phenoxy) is 1. The molecule has 2 aromatic heterocycles. The third kappa shape index (κ3) is 3.67. The molecule has 0 spiro atoms. The third-order valence-electron chi connectivity index (χ3n) is 4.49. The molecule has 0 aliphatic carbocycles. The predicted octanol–water partition coefficient (Wildman–Crippen LogP) is 3.18. The SMILES string of the molecule is O=C(O)c1cc2ccccc2c(C(=O)OC(=O)c2nc(C(=O)O)cc3ccccc23)n1. The zero-order valence-corrected chi connectivity index (χ0v) is 15.6. The number of carboxylic acid groups (broad SMARTS) is 2. The van der Waals surface area contributed by atoms with E-state index < -0.39 is 35.3 Å². The van der Waals surface area contributed by atoms with E-state index in [0.29, 0.717) is 21.5 Å². The Hall–Kier alpha value is -4.66. The van der Waals surface area contributed by atoms with Crippen molar-refractivity contribution in [2.75, 3.05) is 0 Å². The Bertz CT molecular complexity index is 1300. The fourth-order valence-electron chi connectivity index (χ4n) is 3.11. The van der Waals surface area contributed by atoms with Gasteiger partial charge in [-0.3, -0.25) is 0 Å². The average Bonchev–Trinajstić information content (AvgIpc) is 2.77. The summed E-state index contributed by atoms with van der Waals surface area (Å²) in [5.74, 6) is -5.08. The van der Waals surface area contributed by atoms with Crippen LogP contribution < -0.4 is 0 Å². The summed E-state index contributed by atoms with van der Waals surface area (Å²) in [6.45, 7) is 0. The lowest BCUT2D eigenvalue weighted by atomic mass is 10.1. The summed E-state index contributed by atoms with van der Waals surface area (Å²) in [5.41, 5.74) is -1.51. The standard InChI is InChI=1S/C22H12N2O7/c25-19(26)15-9-11-5-1-3-7-13(11)17(23-15)21(29)31-22(30)18-14-8-4-2-6-12(14)10-16(24-18)20(27)28/h1-10H,(H,25,26)(H,27,28). The number of rotatable bonds is 4. The van der Waals surface area contributed by atoms with Gasteiger partial charge in [-0.25, -0.2) is 29.1 Å². The second-order valence-corrected chi connectivity index (χ2v) is 6.44. The van der Waals surface area contributed by atoms with Gasteiger partial charge in [-0.2, -0.15) is 0 Å². The van der Waals surface area contributed by atoms with E-state index in [1.807, 2.05) is 0 Å². The number of benzene rings is 2. The molecule has 31 heavy (non-hydrogen) atoms. The van der Waals surface area contributed by atoms with Gasteiger partial charge in [0.05, 0.1) is 0 Å². The van der Waals surface area contributed by atoms with Crippen LogP contribution in [0.4, 0.5) is 0 Å². The highest BCUT2D eigenvalue weighted by atomic mass is 16.6. The van der Waals surface area contributed by atoms with Gasteiger partial charge in [0.1, 0.15) is 11.4 Å². The maximum absolute atomic E-state index is 12.7. The lowest BCUT2D eigenvalue weighted by Crippen LogP contribution is -2.18. The number of carbonyl (C=O) groups excluding carboxylic acids is 2. The van der Waals surface area contributed by atoms with Gasteiger partial charge in [0.15, 0.2) is 11.4 Å². The van der Waals surface area contributed by atoms with Gasteiger partial charge in [0.2, 0.25) is 0 Å². The maximum Gasteiger partial charge on any atom is 0.365 e. The molecule has 152 valence electrons. The smallest absolute Gasteiger partial charge is 0.365 e. The molecule has 9 nitrogen and oxygen atoms in total. The molecule has 0 radical (unpaired) electrons. The van der Waals surface area contributed by atoms with E-state index in [1.54, 1.807) is 36.4 Å². The van der Waals surface area contributed by atoms with Crippen molar-refractivity contribution in [1.29, 1.82) is 0 Å². The molecule has 2 heterocycles. The summed E-state index contributed by atoms with van der Waals surface area (Å²) in [7, 11) is 0. The van der Waals surface area contributed by atoms with Crippen molar-refractivity contribution in [3.05, 3.63) is 83.4 Å². The van der Waals surface area contributed by atoms with E-state index in [1.165, 1.54) is 24.3 Å². The lowest BCUT2D eigenvalue weighted by Gasteiger charge is -2.09. The van der Waals surface area contributed by atoms with E-state index in [-0.39, 0.29) is 11.4 Å². The molecule has 0 fully saturated rings. The van der Waals surface area contributed by atoms with Crippen LogP contribution >= 0.6 is 0 Å². The second kappa shape index (κ2) is 7.64. The molecule has 0 bridgehead atoms. The van der Waals surface area contributed by atoms with E-state index >= 15 is 0 Å². The second-order valence-electron chi connectivity index (χ2n) is 6.44. The van der Waals surface area contributed by atoms with Crippen LogP contribution in [0.15, 0.2) is 60.7 Å². The van der Waals surface area contributed by atoms with E-state index in [0.717, 1.165) is 0 Å². The zero-order chi connectivity index (χ0) is 22.1. The summed E-state index contributed by atoms with van der Waals surface area (Å²) in [6, 6.07) is 15.4. The normalized spacial score (nSPS) is 10.7. The number of carbonyl (C=O) groups is 4. The van der Waals surface area contributed by atoms with Crippen molar-refractivity contribution in [3.8, 4) is 0 Å². The highest BCUT2D eigenvalue weighted by molar-refractivity contribution is 6.12. The molecule has 0 atom stereocenters. The number of pyridine rings is 2. The Morgan fingerprint density at radius 2 is 1.03 bits per heavy atom. The Labute approximate surface area is 173 Å². The minimum atomic E-state index is -1.35. The minimum absolute atomic E-state index is 0.294. The van der Waals surface area contributed by atoms with Crippen LogP contribution in [0.5, 0.6) is 0 Å². The number of aromatic nitrogens is 2. The van der Waals surface area contributed by atoms with Crippen LogP contribution in [0.3, 0.4) is 0 Å². The van der Waals surface area contributed by atoms with E-state index in [4.69, 9.17) is 4.74 Å². The van der Waals surface area contributed by atoms with Crippen LogP contribution in [0.2, 0.25) is 0 Å². The van der Waals surface area contributed by atoms with Gasteiger partial charge in [-0.05, 0) is 22.9 Å². The number of hydrogen-bond donors (Lipinski definition) is 2. The highest BCUT2D eigenvalue weighted by Crippen LogP contribution is 2.22. The number of nitrogens with zero attached hydrogens (tertiary/aromatic N) is 2. The Morgan fingerprint density at radius 1 is 0.645 bits per heavy atom. The molecule has 0 saturated carbocycles. The molecule has 4 aromatic rings. The average molecular weight is 416 g/mol. The van der Waals surface area contributed by atoms with Crippen molar-refractivity contribution in [3.63, 3.8) is 0 Å². The summed E-state index contributed by atoms with van der Waals surface area (Å²) >= 11 is 0. The van der Waals surface area contributed by atoms with Crippen LogP contribution in [-0.2, 0) is 4.74 Å². The first-order valence-electron chi connectivity index (χ1n) is 8.88. The molecule has 0 amide bonds. The van der Waals surface area contributed by atoms with Crippen molar-refractivity contribution < 1.29 is 34.1 Å². The number of aromatic carboxylic acids is 2. The molecule has 0 aliphatic rings. The van der Waals surface area contributed by atoms with Crippen LogP contribution in [-0.4, -0.2) is 44.1 Å². The summed E-state index contributed by atoms with van der Waals surface area (Å²) in [5, 5.41) is 20.0. The number of fused-ring (bicyclic) bond motifs is 2.